The highest BCUT2D eigenvalue weighted by Gasteiger charge is 2.35. The number of amides is 1. The lowest BCUT2D eigenvalue weighted by atomic mass is 9.97. The smallest absolute Gasteiger partial charge is 0.245 e. The molecule has 1 aliphatic heterocycles. The number of fused-ring (bicyclic) bond motifs is 1. The van der Waals surface area contributed by atoms with Crippen LogP contribution in [0.5, 0.6) is 0 Å². The number of nitrogens with one attached hydrogen (secondary N) is 1. The molecule has 142 valence electrons. The van der Waals surface area contributed by atoms with E-state index >= 15 is 0 Å². The molecule has 1 heterocycles. The molecule has 1 unspecified atom stereocenters. The molecule has 5 nitrogen and oxygen atoms in total. The number of anilines is 1. The Morgan fingerprint density at radius 1 is 0.857 bits per heavy atom. The van der Waals surface area contributed by atoms with E-state index in [-0.39, 0.29) is 10.8 Å². The lowest BCUT2D eigenvalue weighted by Crippen LogP contribution is -2.52. The zero-order valence-electron chi connectivity index (χ0n) is 15.2. The van der Waals surface area contributed by atoms with Crippen molar-refractivity contribution < 1.29 is 13.2 Å². The third-order valence-electron chi connectivity index (χ3n) is 4.81. The molecule has 6 heteroatoms. The van der Waals surface area contributed by atoms with Crippen molar-refractivity contribution in [3.8, 4) is 0 Å². The third kappa shape index (κ3) is 3.69. The Labute approximate surface area is 164 Å². The van der Waals surface area contributed by atoms with Gasteiger partial charge in [0.05, 0.1) is 11.4 Å². The molecule has 3 aromatic rings. The van der Waals surface area contributed by atoms with Crippen LogP contribution >= 0.6 is 0 Å². The van der Waals surface area contributed by atoms with Gasteiger partial charge in [-0.3, -0.25) is 4.79 Å². The highest BCUT2D eigenvalue weighted by Crippen LogP contribution is 2.29. The number of benzene rings is 3. The predicted octanol–water partition coefficient (Wildman–Crippen LogP) is 3.12. The van der Waals surface area contributed by atoms with Gasteiger partial charge in [0.1, 0.15) is 6.04 Å². The minimum atomic E-state index is -3.79. The van der Waals surface area contributed by atoms with E-state index in [9.17, 15) is 13.2 Å². The number of hydrogen-bond acceptors (Lipinski definition) is 3. The molecule has 0 saturated heterocycles. The van der Waals surface area contributed by atoms with Crippen LogP contribution in [0.25, 0.3) is 0 Å². The molecule has 0 aliphatic carbocycles. The van der Waals surface area contributed by atoms with Crippen molar-refractivity contribution in [2.24, 2.45) is 0 Å². The normalized spacial score (nSPS) is 16.6. The number of hydrogen-bond donors (Lipinski definition) is 1. The van der Waals surface area contributed by atoms with E-state index in [4.69, 9.17) is 0 Å². The first-order valence-corrected chi connectivity index (χ1v) is 10.5. The van der Waals surface area contributed by atoms with Crippen molar-refractivity contribution in [1.29, 1.82) is 0 Å². The van der Waals surface area contributed by atoms with Gasteiger partial charge in [0.15, 0.2) is 0 Å². The van der Waals surface area contributed by atoms with Crippen LogP contribution in [0.2, 0.25) is 0 Å². The van der Waals surface area contributed by atoms with Crippen molar-refractivity contribution in [1.82, 2.24) is 4.72 Å². The summed E-state index contributed by atoms with van der Waals surface area (Å²) in [6, 6.07) is 24.6. The van der Waals surface area contributed by atoms with Crippen molar-refractivity contribution >= 4 is 21.6 Å². The fourth-order valence-corrected chi connectivity index (χ4v) is 4.65. The molecule has 0 aromatic heterocycles. The summed E-state index contributed by atoms with van der Waals surface area (Å²) in [5, 5.41) is 0. The number of nitrogens with zero attached hydrogens (tertiary/aromatic N) is 1. The maximum absolute atomic E-state index is 13.2. The minimum absolute atomic E-state index is 0.149. The summed E-state index contributed by atoms with van der Waals surface area (Å²) in [7, 11) is -3.79. The second kappa shape index (κ2) is 7.58. The molecule has 0 bridgehead atoms. The standard InChI is InChI=1S/C22H20N2O3S/c25-22-20(23-28(26,27)19-12-5-2-6-13-19)15-18-11-7-8-14-21(18)24(22)16-17-9-3-1-4-10-17/h1-14,20,23H,15-16H2. The zero-order valence-corrected chi connectivity index (χ0v) is 16.0. The highest BCUT2D eigenvalue weighted by molar-refractivity contribution is 7.89. The number of rotatable bonds is 5. The van der Waals surface area contributed by atoms with Gasteiger partial charge >= 0.3 is 0 Å². The lowest BCUT2D eigenvalue weighted by molar-refractivity contribution is -0.120. The lowest BCUT2D eigenvalue weighted by Gasteiger charge is -2.34. The maximum Gasteiger partial charge on any atom is 0.245 e. The largest absolute Gasteiger partial charge is 0.306 e. The first kappa shape index (κ1) is 18.4. The molecule has 0 saturated carbocycles. The second-order valence-electron chi connectivity index (χ2n) is 6.73. The number of sulfonamides is 1. The topological polar surface area (TPSA) is 66.5 Å². The molecular weight excluding hydrogens is 372 g/mol. The van der Waals surface area contributed by atoms with Crippen molar-refractivity contribution in [3.05, 3.63) is 96.1 Å². The van der Waals surface area contributed by atoms with Gasteiger partial charge < -0.3 is 4.90 Å². The van der Waals surface area contributed by atoms with E-state index in [2.05, 4.69) is 4.72 Å². The van der Waals surface area contributed by atoms with Gasteiger partial charge in [-0.05, 0) is 35.7 Å². The second-order valence-corrected chi connectivity index (χ2v) is 8.44. The molecule has 1 atom stereocenters. The van der Waals surface area contributed by atoms with Crippen LogP contribution in [0.1, 0.15) is 11.1 Å². The average molecular weight is 392 g/mol. The quantitative estimate of drug-likeness (QED) is 0.725. The molecule has 1 amide bonds. The minimum Gasteiger partial charge on any atom is -0.306 e. The predicted molar refractivity (Wildman–Crippen MR) is 108 cm³/mol. The van der Waals surface area contributed by atoms with Crippen LogP contribution < -0.4 is 9.62 Å². The molecule has 3 aromatic carbocycles. The first-order valence-electron chi connectivity index (χ1n) is 9.05. The van der Waals surface area contributed by atoms with Gasteiger partial charge in [0.2, 0.25) is 15.9 Å². The fraction of sp³-hybridized carbons (Fsp3) is 0.136. The van der Waals surface area contributed by atoms with Gasteiger partial charge in [-0.2, -0.15) is 4.72 Å². The van der Waals surface area contributed by atoms with Crippen molar-refractivity contribution in [2.45, 2.75) is 23.9 Å². The van der Waals surface area contributed by atoms with Gasteiger partial charge in [-0.1, -0.05) is 66.7 Å². The Hall–Kier alpha value is -2.96. The van der Waals surface area contributed by atoms with Crippen molar-refractivity contribution in [2.75, 3.05) is 4.90 Å². The number of carbonyl (C=O) groups is 1. The summed E-state index contributed by atoms with van der Waals surface area (Å²) in [5.41, 5.74) is 2.75. The average Bonchev–Trinajstić information content (AvgIpc) is 2.72. The summed E-state index contributed by atoms with van der Waals surface area (Å²) in [4.78, 5) is 15.0. The molecule has 4 rings (SSSR count). The molecule has 0 fully saturated rings. The van der Waals surface area contributed by atoms with Gasteiger partial charge in [0, 0.05) is 5.69 Å². The van der Waals surface area contributed by atoms with Crippen LogP contribution in [-0.2, 0) is 27.8 Å². The van der Waals surface area contributed by atoms with Gasteiger partial charge in [0.25, 0.3) is 0 Å². The monoisotopic (exact) mass is 392 g/mol. The van der Waals surface area contributed by atoms with E-state index in [1.54, 1.807) is 23.1 Å². The molecule has 28 heavy (non-hydrogen) atoms. The highest BCUT2D eigenvalue weighted by atomic mass is 32.2. The first-order chi connectivity index (χ1) is 13.5. The fourth-order valence-electron chi connectivity index (χ4n) is 3.44. The molecule has 1 N–H and O–H groups in total. The summed E-state index contributed by atoms with van der Waals surface area (Å²) < 4.78 is 28.1. The zero-order chi connectivity index (χ0) is 19.6. The maximum atomic E-state index is 13.2. The van der Waals surface area contributed by atoms with E-state index in [1.807, 2.05) is 54.6 Å². The number of carbonyl (C=O) groups excluding carboxylic acids is 1. The Bertz CT molecular complexity index is 1080. The summed E-state index contributed by atoms with van der Waals surface area (Å²) in [6.07, 6.45) is 0.326. The Morgan fingerprint density at radius 2 is 1.46 bits per heavy atom. The van der Waals surface area contributed by atoms with E-state index < -0.39 is 16.1 Å². The molecule has 0 spiro atoms. The summed E-state index contributed by atoms with van der Waals surface area (Å²) in [5.74, 6) is -0.248. The van der Waals surface area contributed by atoms with E-state index in [1.165, 1.54) is 12.1 Å². The summed E-state index contributed by atoms with van der Waals surface area (Å²) >= 11 is 0. The van der Waals surface area contributed by atoms with Gasteiger partial charge in [-0.25, -0.2) is 8.42 Å². The van der Waals surface area contributed by atoms with E-state index in [0.29, 0.717) is 13.0 Å². The Kier molecular flexibility index (Phi) is 4.98. The van der Waals surface area contributed by atoms with Crippen LogP contribution in [0, 0.1) is 0 Å². The Morgan fingerprint density at radius 3 is 2.18 bits per heavy atom. The SMILES string of the molecule is O=C1C(NS(=O)(=O)c2ccccc2)Cc2ccccc2N1Cc1ccccc1. The molecule has 1 aliphatic rings. The van der Waals surface area contributed by atoms with Crippen LogP contribution in [0.4, 0.5) is 5.69 Å². The van der Waals surface area contributed by atoms with E-state index in [0.717, 1.165) is 16.8 Å². The summed E-state index contributed by atoms with van der Waals surface area (Å²) in [6.45, 7) is 0.389. The van der Waals surface area contributed by atoms with Crippen molar-refractivity contribution in [3.63, 3.8) is 0 Å². The molecular formula is C22H20N2O3S. The third-order valence-corrected chi connectivity index (χ3v) is 6.29. The van der Waals surface area contributed by atoms with Gasteiger partial charge in [-0.15, -0.1) is 0 Å². The van der Waals surface area contributed by atoms with Crippen LogP contribution in [0.3, 0.4) is 0 Å². The van der Waals surface area contributed by atoms with Crippen LogP contribution in [0.15, 0.2) is 89.8 Å². The van der Waals surface area contributed by atoms with Crippen LogP contribution in [-0.4, -0.2) is 20.4 Å². The molecule has 0 radical (unpaired) electrons. The Balaban J connectivity index is 1.66. The number of para-hydroxylation sites is 1.